The third-order valence-corrected chi connectivity index (χ3v) is 3.24. The van der Waals surface area contributed by atoms with E-state index < -0.39 is 5.82 Å². The molecule has 6 nitrogen and oxygen atoms in total. The number of amides is 1. The second kappa shape index (κ2) is 6.55. The number of hydrogen-bond acceptors (Lipinski definition) is 4. The predicted octanol–water partition coefficient (Wildman–Crippen LogP) is 2.17. The second-order valence-electron chi connectivity index (χ2n) is 5.99. The Morgan fingerprint density at radius 2 is 2.14 bits per heavy atom. The average molecular weight is 306 g/mol. The number of para-hydroxylation sites is 1. The Hall–Kier alpha value is -2.44. The predicted molar refractivity (Wildman–Crippen MR) is 79.0 cm³/mol. The van der Waals surface area contributed by atoms with Gasteiger partial charge in [0.15, 0.2) is 17.3 Å². The highest BCUT2D eigenvalue weighted by molar-refractivity contribution is 5.92. The van der Waals surface area contributed by atoms with E-state index >= 15 is 0 Å². The summed E-state index contributed by atoms with van der Waals surface area (Å²) in [6.45, 7) is 6.04. The van der Waals surface area contributed by atoms with Crippen molar-refractivity contribution in [2.75, 3.05) is 6.61 Å². The molecule has 1 amide bonds. The van der Waals surface area contributed by atoms with E-state index in [4.69, 9.17) is 4.74 Å². The van der Waals surface area contributed by atoms with Gasteiger partial charge in [0.2, 0.25) is 0 Å². The number of aromatic amines is 1. The number of H-pyrrole nitrogens is 1. The first-order valence-electron chi connectivity index (χ1n) is 6.92. The molecular weight excluding hydrogens is 287 g/mol. The molecule has 1 heterocycles. The van der Waals surface area contributed by atoms with Gasteiger partial charge in [0.25, 0.3) is 5.91 Å². The first kappa shape index (κ1) is 15.9. The molecule has 0 fully saturated rings. The molecule has 0 aliphatic carbocycles. The molecular formula is C15H19FN4O2. The Kier molecular flexibility index (Phi) is 4.75. The zero-order valence-corrected chi connectivity index (χ0v) is 12.8. The molecule has 0 aliphatic heterocycles. The Balaban J connectivity index is 2.04. The number of carbonyl (C=O) groups excluding carboxylic acids is 1. The molecule has 0 bridgehead atoms. The van der Waals surface area contributed by atoms with Gasteiger partial charge in [0.1, 0.15) is 6.61 Å². The minimum atomic E-state index is -0.432. The number of rotatable bonds is 5. The van der Waals surface area contributed by atoms with Crippen LogP contribution in [0.4, 0.5) is 4.39 Å². The molecule has 22 heavy (non-hydrogen) atoms. The zero-order valence-electron chi connectivity index (χ0n) is 12.8. The number of nitrogens with zero attached hydrogens (tertiary/aromatic N) is 2. The van der Waals surface area contributed by atoms with Crippen LogP contribution in [0.25, 0.3) is 0 Å². The van der Waals surface area contributed by atoms with Gasteiger partial charge in [-0.15, -0.1) is 0 Å². The highest BCUT2D eigenvalue weighted by atomic mass is 19.1. The van der Waals surface area contributed by atoms with Crippen LogP contribution >= 0.6 is 0 Å². The fraction of sp³-hybridized carbons (Fsp3) is 0.400. The summed E-state index contributed by atoms with van der Waals surface area (Å²) in [6.07, 6.45) is 1.34. The Labute approximate surface area is 128 Å². The summed E-state index contributed by atoms with van der Waals surface area (Å²) >= 11 is 0. The van der Waals surface area contributed by atoms with Crippen LogP contribution in [0.5, 0.6) is 5.75 Å². The Morgan fingerprint density at radius 1 is 1.41 bits per heavy atom. The van der Waals surface area contributed by atoms with Gasteiger partial charge >= 0.3 is 0 Å². The molecule has 7 heteroatoms. The molecule has 0 saturated carbocycles. The van der Waals surface area contributed by atoms with Crippen molar-refractivity contribution in [1.29, 1.82) is 0 Å². The standard InChI is InChI=1S/C15H19FN4O2/c1-15(2,3)13(18-14(21)11-8-17-20-19-11)9-22-12-7-5-4-6-10(12)16/h4-8,13H,9H2,1-3H3,(H,18,21)(H,17,19,20). The van der Waals surface area contributed by atoms with Gasteiger partial charge in [0, 0.05) is 0 Å². The van der Waals surface area contributed by atoms with Gasteiger partial charge in [-0.2, -0.15) is 15.4 Å². The normalized spacial score (nSPS) is 12.7. The molecule has 1 aromatic carbocycles. The van der Waals surface area contributed by atoms with Crippen LogP contribution in [0, 0.1) is 11.2 Å². The summed E-state index contributed by atoms with van der Waals surface area (Å²) in [5.74, 6) is -0.628. The first-order chi connectivity index (χ1) is 10.4. The van der Waals surface area contributed by atoms with E-state index in [-0.39, 0.29) is 35.4 Å². The molecule has 2 aromatic rings. The molecule has 2 N–H and O–H groups in total. The van der Waals surface area contributed by atoms with Crippen molar-refractivity contribution < 1.29 is 13.9 Å². The maximum absolute atomic E-state index is 13.6. The first-order valence-corrected chi connectivity index (χ1v) is 6.92. The van der Waals surface area contributed by atoms with E-state index in [9.17, 15) is 9.18 Å². The lowest BCUT2D eigenvalue weighted by molar-refractivity contribution is 0.0855. The number of nitrogens with one attached hydrogen (secondary N) is 2. The number of aromatic nitrogens is 3. The zero-order chi connectivity index (χ0) is 16.2. The summed E-state index contributed by atoms with van der Waals surface area (Å²) in [5, 5.41) is 12.6. The van der Waals surface area contributed by atoms with E-state index in [2.05, 4.69) is 20.7 Å². The SMILES string of the molecule is CC(C)(C)C(COc1ccccc1F)NC(=O)c1cn[nH]n1. The number of ether oxygens (including phenoxy) is 1. The number of benzene rings is 1. The largest absolute Gasteiger partial charge is 0.488 e. The lowest BCUT2D eigenvalue weighted by Crippen LogP contribution is -2.47. The van der Waals surface area contributed by atoms with Gasteiger partial charge < -0.3 is 10.1 Å². The minimum Gasteiger partial charge on any atom is -0.488 e. The van der Waals surface area contributed by atoms with Gasteiger partial charge in [-0.3, -0.25) is 4.79 Å². The number of halogens is 1. The van der Waals surface area contributed by atoms with Gasteiger partial charge in [-0.1, -0.05) is 32.9 Å². The second-order valence-corrected chi connectivity index (χ2v) is 5.99. The van der Waals surface area contributed by atoms with Gasteiger partial charge in [0.05, 0.1) is 12.2 Å². The van der Waals surface area contributed by atoms with Gasteiger partial charge in [-0.05, 0) is 17.5 Å². The highest BCUT2D eigenvalue weighted by Gasteiger charge is 2.28. The highest BCUT2D eigenvalue weighted by Crippen LogP contribution is 2.22. The summed E-state index contributed by atoms with van der Waals surface area (Å²) < 4.78 is 19.1. The van der Waals surface area contributed by atoms with E-state index in [1.165, 1.54) is 12.3 Å². The van der Waals surface area contributed by atoms with Crippen molar-refractivity contribution in [2.45, 2.75) is 26.8 Å². The third-order valence-electron chi connectivity index (χ3n) is 3.24. The van der Waals surface area contributed by atoms with Crippen molar-refractivity contribution in [3.8, 4) is 5.75 Å². The maximum Gasteiger partial charge on any atom is 0.273 e. The van der Waals surface area contributed by atoms with Crippen molar-refractivity contribution in [3.05, 3.63) is 42.0 Å². The summed E-state index contributed by atoms with van der Waals surface area (Å²) in [4.78, 5) is 12.1. The Bertz CT molecular complexity index is 623. The lowest BCUT2D eigenvalue weighted by Gasteiger charge is -2.31. The van der Waals surface area contributed by atoms with E-state index in [1.807, 2.05) is 20.8 Å². The topological polar surface area (TPSA) is 79.9 Å². The summed E-state index contributed by atoms with van der Waals surface area (Å²) in [7, 11) is 0. The summed E-state index contributed by atoms with van der Waals surface area (Å²) in [6, 6.07) is 5.84. The molecule has 1 unspecified atom stereocenters. The van der Waals surface area contributed by atoms with E-state index in [1.54, 1.807) is 18.2 Å². The van der Waals surface area contributed by atoms with Crippen molar-refractivity contribution in [3.63, 3.8) is 0 Å². The van der Waals surface area contributed by atoms with Crippen LogP contribution in [-0.4, -0.2) is 34.0 Å². The van der Waals surface area contributed by atoms with E-state index in [0.29, 0.717) is 0 Å². The van der Waals surface area contributed by atoms with Crippen LogP contribution in [-0.2, 0) is 0 Å². The maximum atomic E-state index is 13.6. The quantitative estimate of drug-likeness (QED) is 0.887. The van der Waals surface area contributed by atoms with Crippen molar-refractivity contribution in [2.24, 2.45) is 5.41 Å². The Morgan fingerprint density at radius 3 is 2.73 bits per heavy atom. The van der Waals surface area contributed by atoms with Crippen LogP contribution in [0.3, 0.4) is 0 Å². The lowest BCUT2D eigenvalue weighted by atomic mass is 9.87. The van der Waals surface area contributed by atoms with Crippen LogP contribution in [0.15, 0.2) is 30.5 Å². The average Bonchev–Trinajstić information content (AvgIpc) is 2.97. The van der Waals surface area contributed by atoms with Gasteiger partial charge in [-0.25, -0.2) is 4.39 Å². The fourth-order valence-electron chi connectivity index (χ4n) is 1.79. The third kappa shape index (κ3) is 4.03. The van der Waals surface area contributed by atoms with Crippen LogP contribution in [0.2, 0.25) is 0 Å². The summed E-state index contributed by atoms with van der Waals surface area (Å²) in [5.41, 5.74) is -0.0786. The monoisotopic (exact) mass is 306 g/mol. The van der Waals surface area contributed by atoms with Crippen LogP contribution < -0.4 is 10.1 Å². The molecule has 118 valence electrons. The number of carbonyl (C=O) groups is 1. The molecule has 2 rings (SSSR count). The van der Waals surface area contributed by atoms with Crippen molar-refractivity contribution in [1.82, 2.24) is 20.7 Å². The molecule has 0 spiro atoms. The molecule has 1 aromatic heterocycles. The minimum absolute atomic E-state index is 0.147. The smallest absolute Gasteiger partial charge is 0.273 e. The fourth-order valence-corrected chi connectivity index (χ4v) is 1.79. The van der Waals surface area contributed by atoms with Crippen LogP contribution in [0.1, 0.15) is 31.3 Å². The van der Waals surface area contributed by atoms with Crippen molar-refractivity contribution >= 4 is 5.91 Å². The molecule has 0 saturated heterocycles. The number of hydrogen-bond donors (Lipinski definition) is 2. The van der Waals surface area contributed by atoms with E-state index in [0.717, 1.165) is 0 Å². The molecule has 0 aliphatic rings. The molecule has 0 radical (unpaired) electrons. The molecule has 1 atom stereocenters.